The lowest BCUT2D eigenvalue weighted by Gasteiger charge is -2.15. The number of ether oxygens (including phenoxy) is 3. The van der Waals surface area contributed by atoms with Gasteiger partial charge in [0.05, 0.1) is 50.6 Å². The van der Waals surface area contributed by atoms with Crippen LogP contribution in [-0.4, -0.2) is 75.2 Å². The first kappa shape index (κ1) is 57.4. The van der Waals surface area contributed by atoms with Crippen LogP contribution in [-0.2, 0) is 40.0 Å². The Hall–Kier alpha value is -8.33. The summed E-state index contributed by atoms with van der Waals surface area (Å²) in [5.74, 6) is 3.83. The number of nitrogens with zero attached hydrogens (tertiary/aromatic N) is 8. The predicted molar refractivity (Wildman–Crippen MR) is 327 cm³/mol. The van der Waals surface area contributed by atoms with Gasteiger partial charge in [-0.3, -0.25) is 37.7 Å². The Morgan fingerprint density at radius 2 is 1.27 bits per heavy atom. The molecule has 6 aromatic heterocycles. The van der Waals surface area contributed by atoms with Crippen LogP contribution in [0, 0.1) is 0 Å². The van der Waals surface area contributed by atoms with Crippen molar-refractivity contribution in [1.82, 2.24) is 48.6 Å². The van der Waals surface area contributed by atoms with E-state index in [2.05, 4.69) is 59.3 Å². The molecule has 0 amide bonds. The van der Waals surface area contributed by atoms with E-state index in [0.29, 0.717) is 95.5 Å². The average molecular weight is 1150 g/mol. The standard InChI is InChI=1S/C32H35N5O5S.C29H29N5O2S2/c1-6-9-24-28-29(36(3)35-24)32(39)37(30(34-28)22-12-15-25(40-4)26(19-22)41-5)16-7-8-17-42-23-13-10-21(11-14-23)18-27-31(38)33-20(2)43-27;1-5-9-23-24-25(33(4)32-23)29(36)34(27(31-24)21-10-7-6-8-11-21)16-17-37-22-14-12-20(13-15-22)18(2)26-28(35)30-19(3)38-26/h10-15,18-19H,2,6-9,16-17H2,1,3-5H3,(H,33,38);6-8,10-15H,3,5,9,16-17H2,1-2,4H3,(H,30,35)/b27-18+;26-18+. The van der Waals surface area contributed by atoms with Gasteiger partial charge in [-0.2, -0.15) is 10.2 Å². The number of hydrogen-bond acceptors (Lipinski definition) is 14. The zero-order valence-corrected chi connectivity index (χ0v) is 48.9. The van der Waals surface area contributed by atoms with E-state index in [-0.39, 0.29) is 22.2 Å². The molecule has 0 saturated heterocycles. The van der Waals surface area contributed by atoms with Crippen molar-refractivity contribution >= 4 is 81.3 Å². The van der Waals surface area contributed by atoms with Crippen LogP contribution in [0.15, 0.2) is 121 Å². The van der Waals surface area contributed by atoms with Crippen molar-refractivity contribution in [3.8, 4) is 40.0 Å². The van der Waals surface area contributed by atoms with Gasteiger partial charge in [0.25, 0.3) is 22.2 Å². The molecule has 10 aromatic rings. The lowest BCUT2D eigenvalue weighted by molar-refractivity contribution is 0.303. The molecule has 20 heteroatoms. The Balaban J connectivity index is 0.000000197. The number of thiazole rings is 2. The number of hydrogen-bond donors (Lipinski definition) is 2. The van der Waals surface area contributed by atoms with Crippen LogP contribution >= 0.6 is 34.4 Å². The second-order valence-electron chi connectivity index (χ2n) is 19.2. The Kier molecular flexibility index (Phi) is 18.3. The average Bonchev–Trinajstić information content (AvgIpc) is 4.30. The van der Waals surface area contributed by atoms with E-state index in [0.717, 1.165) is 82.0 Å². The number of aromatic amines is 2. The van der Waals surface area contributed by atoms with Crippen LogP contribution in [0.2, 0.25) is 0 Å². The molecule has 0 atom stereocenters. The van der Waals surface area contributed by atoms with E-state index in [1.165, 1.54) is 22.7 Å². The largest absolute Gasteiger partial charge is 0.494 e. The number of unbranched alkanes of at least 4 members (excludes halogenated alkanes) is 1. The number of aryl methyl sites for hydroxylation is 4. The fraction of sp³-hybridized carbons (Fsp3) is 0.279. The van der Waals surface area contributed by atoms with E-state index >= 15 is 0 Å². The number of aromatic nitrogens is 10. The van der Waals surface area contributed by atoms with Gasteiger partial charge in [-0.05, 0) is 97.8 Å². The van der Waals surface area contributed by atoms with Crippen molar-refractivity contribution in [2.75, 3.05) is 26.6 Å². The van der Waals surface area contributed by atoms with Crippen molar-refractivity contribution in [3.63, 3.8) is 0 Å². The molecule has 0 saturated carbocycles. The van der Waals surface area contributed by atoms with Crippen molar-refractivity contribution in [3.05, 3.63) is 179 Å². The maximum atomic E-state index is 13.9. The maximum absolute atomic E-state index is 13.9. The van der Waals surface area contributed by atoms with E-state index in [1.54, 1.807) is 51.5 Å². The summed E-state index contributed by atoms with van der Waals surface area (Å²) in [5.41, 5.74) is 8.11. The van der Waals surface area contributed by atoms with Gasteiger partial charge in [0.15, 0.2) is 22.5 Å². The van der Waals surface area contributed by atoms with Gasteiger partial charge in [0.1, 0.15) is 28.4 Å². The highest BCUT2D eigenvalue weighted by atomic mass is 32.2. The van der Waals surface area contributed by atoms with Gasteiger partial charge in [-0.15, -0.1) is 34.4 Å². The van der Waals surface area contributed by atoms with E-state index < -0.39 is 0 Å². The van der Waals surface area contributed by atoms with Crippen LogP contribution in [0.3, 0.4) is 0 Å². The minimum absolute atomic E-state index is 0.0710. The molecule has 6 heterocycles. The molecular weight excluding hydrogens is 1080 g/mol. The maximum Gasteiger partial charge on any atom is 0.280 e. The summed E-state index contributed by atoms with van der Waals surface area (Å²) < 4.78 is 26.3. The molecule has 418 valence electrons. The van der Waals surface area contributed by atoms with Gasteiger partial charge in [0.2, 0.25) is 0 Å². The Morgan fingerprint density at radius 1 is 0.679 bits per heavy atom. The Bertz CT molecular complexity index is 4360. The van der Waals surface area contributed by atoms with Crippen LogP contribution in [0.5, 0.6) is 17.2 Å². The summed E-state index contributed by atoms with van der Waals surface area (Å²) in [4.78, 5) is 68.1. The number of nitrogens with one attached hydrogen (secondary N) is 2. The highest BCUT2D eigenvalue weighted by Crippen LogP contribution is 2.33. The van der Waals surface area contributed by atoms with Gasteiger partial charge in [0, 0.05) is 49.0 Å². The molecule has 2 N–H and O–H groups in total. The molecule has 0 fully saturated rings. The van der Waals surface area contributed by atoms with E-state index in [9.17, 15) is 19.2 Å². The minimum atomic E-state index is -0.136. The van der Waals surface area contributed by atoms with Crippen molar-refractivity contribution in [1.29, 1.82) is 0 Å². The zero-order chi connectivity index (χ0) is 57.3. The summed E-state index contributed by atoms with van der Waals surface area (Å²) in [7, 11) is 6.78. The summed E-state index contributed by atoms with van der Waals surface area (Å²) in [6.07, 6.45) is 6.61. The molecular formula is C61H64N10O7S3. The molecule has 10 rings (SSSR count). The summed E-state index contributed by atoms with van der Waals surface area (Å²) >= 11 is 4.38. The first-order valence-electron chi connectivity index (χ1n) is 26.7. The molecule has 0 bridgehead atoms. The Labute approximate surface area is 478 Å². The minimum Gasteiger partial charge on any atom is -0.494 e. The second-order valence-corrected chi connectivity index (χ2v) is 22.6. The number of rotatable bonds is 20. The quantitative estimate of drug-likeness (QED) is 0.0563. The van der Waals surface area contributed by atoms with Crippen molar-refractivity contribution in [2.24, 2.45) is 14.1 Å². The molecule has 4 aromatic carbocycles. The van der Waals surface area contributed by atoms with Crippen molar-refractivity contribution in [2.45, 2.75) is 77.3 Å². The Morgan fingerprint density at radius 3 is 1.84 bits per heavy atom. The fourth-order valence-electron chi connectivity index (χ4n) is 9.53. The molecule has 0 unspecified atom stereocenters. The molecule has 0 radical (unpaired) electrons. The molecule has 0 aliphatic carbocycles. The number of benzene rings is 4. The van der Waals surface area contributed by atoms with Crippen LogP contribution < -0.4 is 54.8 Å². The number of thioether (sulfide) groups is 1. The first-order chi connectivity index (χ1) is 39.2. The third-order valence-electron chi connectivity index (χ3n) is 13.5. The second kappa shape index (κ2) is 25.9. The zero-order valence-electron chi connectivity index (χ0n) is 46.5. The van der Waals surface area contributed by atoms with Gasteiger partial charge in [-0.25, -0.2) is 9.97 Å². The molecule has 0 aliphatic heterocycles. The number of fused-ring (bicyclic) bond motifs is 2. The molecule has 0 spiro atoms. The smallest absolute Gasteiger partial charge is 0.280 e. The fourth-order valence-corrected chi connectivity index (χ4v) is 11.9. The predicted octanol–water partition coefficient (Wildman–Crippen LogP) is 7.54. The summed E-state index contributed by atoms with van der Waals surface area (Å²) in [5, 5.41) is 9.21. The highest BCUT2D eigenvalue weighted by molar-refractivity contribution is 7.99. The van der Waals surface area contributed by atoms with Gasteiger partial charge in [-0.1, -0.05) is 94.4 Å². The highest BCUT2D eigenvalue weighted by Gasteiger charge is 2.22. The lowest BCUT2D eigenvalue weighted by Crippen LogP contribution is -2.25. The van der Waals surface area contributed by atoms with Crippen LogP contribution in [0.25, 0.3) is 69.6 Å². The van der Waals surface area contributed by atoms with Crippen molar-refractivity contribution < 1.29 is 14.2 Å². The van der Waals surface area contributed by atoms with Crippen LogP contribution in [0.4, 0.5) is 0 Å². The first-order valence-corrected chi connectivity index (χ1v) is 29.3. The van der Waals surface area contributed by atoms with E-state index in [4.69, 9.17) is 24.2 Å². The lowest BCUT2D eigenvalue weighted by atomic mass is 10.1. The van der Waals surface area contributed by atoms with Gasteiger partial charge < -0.3 is 24.2 Å². The number of H-pyrrole nitrogens is 2. The topological polar surface area (TPSA) is 199 Å². The summed E-state index contributed by atoms with van der Waals surface area (Å²) in [6.45, 7) is 15.2. The third kappa shape index (κ3) is 12.8. The molecule has 17 nitrogen and oxygen atoms in total. The monoisotopic (exact) mass is 1140 g/mol. The summed E-state index contributed by atoms with van der Waals surface area (Å²) in [6, 6.07) is 31.1. The van der Waals surface area contributed by atoms with E-state index in [1.807, 2.05) is 105 Å². The number of methoxy groups -OCH3 is 2. The van der Waals surface area contributed by atoms with Gasteiger partial charge >= 0.3 is 0 Å². The van der Waals surface area contributed by atoms with Crippen LogP contribution in [0.1, 0.15) is 69.0 Å². The SMILES string of the molecule is C=c1[nH]c(=O)/c(=C(/C)c2ccc(SCCn3c(-c4ccccc4)nc4c(CCC)nn(C)c4c3=O)cc2)s1.C=c1[nH]c(=O)/c(=C\c2ccc(OCCCCn3c(-c4ccc(OC)c(OC)c4)nc4c(CCC)nn(C)c4c3=O)cc2)s1. The molecule has 0 aliphatic rings. The third-order valence-corrected chi connectivity index (χ3v) is 16.4. The normalized spacial score (nSPS) is 12.0. The molecule has 81 heavy (non-hydrogen) atoms.